The molecule has 0 saturated carbocycles. The largest absolute Gasteiger partial charge is 0.486 e. The van der Waals surface area contributed by atoms with Crippen LogP contribution in [0.25, 0.3) is 55.7 Å². The van der Waals surface area contributed by atoms with Crippen molar-refractivity contribution in [2.75, 3.05) is 0 Å². The van der Waals surface area contributed by atoms with Gasteiger partial charge in [-0.2, -0.15) is 35.1 Å². The van der Waals surface area contributed by atoms with Crippen molar-refractivity contribution in [2.24, 2.45) is 5.41 Å². The number of aryl methyl sites for hydroxylation is 4. The summed E-state index contributed by atoms with van der Waals surface area (Å²) >= 11 is 0. The van der Waals surface area contributed by atoms with Gasteiger partial charge in [-0.3, -0.25) is 4.98 Å². The SMILES string of the molecule is [2H]C([2H])([2H])c1c[c-]c(-c2cc(C([2H])([2H])[2H])c(C([2H])([2H])[2H])cn2)cc1-c1ccccc1.[2H]C([2H])([2H])c1ccc2c(n1)oc1c(-c3cc(C([2H])([2H])C(C)(C)C)c4c(n3)C(F)(F)C(F)(F)C(F)(F)C4(F)F)[c-]ccc12.[Ir]. The Hall–Kier alpha value is -5.00. The first kappa shape index (κ1) is 28.5. The standard InChI is InChI=1S/C26H19F8N2O.C20H18N.Ir/c1-12-8-9-15-14-6-5-7-16(19(14)37-21(15)35-12)17-10-13(11-22(2,3)4)18-20(36-17)24(29,30)26(33,34)25(31,32)23(18,27)28;1-14-9-10-18(20-11-15(2)16(3)13-21-20)12-19(14)17-7-5-4-6-8-17;/h5-6,8-10H,11H2,1-4H3;4-9,11-13H,1-3H3;/q2*-1;/i1D3,11D2;1D3,2D3,3D3;. The fraction of sp³-hybridized carbons (Fsp3) is 0.283. The van der Waals surface area contributed by atoms with Crippen LogP contribution in [0.5, 0.6) is 0 Å². The van der Waals surface area contributed by atoms with Crippen LogP contribution in [-0.4, -0.2) is 26.8 Å². The molecule has 7 aromatic rings. The second-order valence-corrected chi connectivity index (χ2v) is 14.4. The van der Waals surface area contributed by atoms with Crippen LogP contribution in [0.2, 0.25) is 0 Å². The summed E-state index contributed by atoms with van der Waals surface area (Å²) in [6, 6.07) is 24.1. The Kier molecular flexibility index (Phi) is 7.35. The van der Waals surface area contributed by atoms with E-state index in [9.17, 15) is 17.6 Å². The molecule has 4 heterocycles. The molecular weight excluding hydrogens is 955 g/mol. The number of benzene rings is 3. The number of alkyl halides is 8. The minimum atomic E-state index is -6.61. The van der Waals surface area contributed by atoms with Crippen molar-refractivity contribution in [1.29, 1.82) is 0 Å². The second-order valence-electron chi connectivity index (χ2n) is 14.4. The van der Waals surface area contributed by atoms with Crippen molar-refractivity contribution in [3.05, 3.63) is 136 Å². The molecule has 0 N–H and O–H groups in total. The summed E-state index contributed by atoms with van der Waals surface area (Å²) in [6.07, 6.45) is -2.04. The molecule has 0 amide bonds. The van der Waals surface area contributed by atoms with Crippen LogP contribution in [-0.2, 0) is 38.3 Å². The zero-order valence-electron chi connectivity index (χ0n) is 44.7. The maximum atomic E-state index is 15.2. The van der Waals surface area contributed by atoms with Gasteiger partial charge in [-0.05, 0) is 72.6 Å². The van der Waals surface area contributed by atoms with E-state index in [0.717, 1.165) is 6.20 Å². The van der Waals surface area contributed by atoms with Crippen molar-refractivity contribution in [3.63, 3.8) is 0 Å². The Bertz CT molecular complexity index is 3240. The first-order chi connectivity index (χ1) is 32.7. The fourth-order valence-electron chi connectivity index (χ4n) is 6.33. The van der Waals surface area contributed by atoms with E-state index < -0.39 is 91.0 Å². The minimum absolute atomic E-state index is 0. The topological polar surface area (TPSA) is 51.8 Å². The summed E-state index contributed by atoms with van der Waals surface area (Å²) < 4.78 is 233. The summed E-state index contributed by atoms with van der Waals surface area (Å²) in [5, 5.41) is 0.400. The molecule has 0 bridgehead atoms. The van der Waals surface area contributed by atoms with Gasteiger partial charge in [0.05, 0.1) is 11.1 Å². The number of furan rings is 1. The van der Waals surface area contributed by atoms with E-state index in [1.54, 1.807) is 30.3 Å². The molecule has 0 atom stereocenters. The average Bonchev–Trinajstić information content (AvgIpc) is 3.65. The van der Waals surface area contributed by atoms with Crippen molar-refractivity contribution < 1.29 is 78.8 Å². The number of hydrogen-bond donors (Lipinski definition) is 0. The molecule has 0 fully saturated rings. The van der Waals surface area contributed by atoms with Gasteiger partial charge in [-0.15, -0.1) is 47.5 Å². The third kappa shape index (κ3) is 7.45. The smallest absolute Gasteiger partial charge is 0.384 e. The molecule has 0 unspecified atom stereocenters. The molecule has 1 aliphatic carbocycles. The molecule has 1 aliphatic rings. The molecule has 59 heavy (non-hydrogen) atoms. The van der Waals surface area contributed by atoms with Gasteiger partial charge >= 0.3 is 23.7 Å². The van der Waals surface area contributed by atoms with E-state index in [2.05, 4.69) is 27.1 Å². The van der Waals surface area contributed by atoms with Gasteiger partial charge < -0.3 is 9.40 Å². The Morgan fingerprint density at radius 2 is 1.46 bits per heavy atom. The van der Waals surface area contributed by atoms with E-state index in [0.29, 0.717) is 22.8 Å². The zero-order chi connectivity index (χ0) is 54.0. The number of aromatic nitrogens is 3. The molecule has 13 heteroatoms. The maximum absolute atomic E-state index is 15.2. The van der Waals surface area contributed by atoms with Crippen molar-refractivity contribution in [2.45, 2.75) is 78.2 Å². The van der Waals surface area contributed by atoms with E-state index in [1.807, 2.05) is 6.07 Å². The van der Waals surface area contributed by atoms with Crippen LogP contribution < -0.4 is 0 Å². The Labute approximate surface area is 369 Å². The van der Waals surface area contributed by atoms with Gasteiger partial charge in [0.15, 0.2) is 0 Å². The quantitative estimate of drug-likeness (QED) is 0.130. The molecular formula is C46H37F8IrN3O-2. The van der Waals surface area contributed by atoms with Crippen LogP contribution in [0.4, 0.5) is 35.1 Å². The predicted molar refractivity (Wildman–Crippen MR) is 207 cm³/mol. The fourth-order valence-corrected chi connectivity index (χ4v) is 6.33. The predicted octanol–water partition coefficient (Wildman–Crippen LogP) is 13.3. The third-order valence-corrected chi connectivity index (χ3v) is 9.09. The molecule has 309 valence electrons. The van der Waals surface area contributed by atoms with Crippen molar-refractivity contribution in [3.8, 4) is 33.6 Å². The average molecular weight is 1010 g/mol. The van der Waals surface area contributed by atoms with Gasteiger partial charge in [-0.25, -0.2) is 4.98 Å². The van der Waals surface area contributed by atoms with Gasteiger partial charge in [0.1, 0.15) is 5.69 Å². The van der Waals surface area contributed by atoms with Crippen LogP contribution >= 0.6 is 0 Å². The van der Waals surface area contributed by atoms with Crippen LogP contribution in [0.15, 0.2) is 89.5 Å². The Balaban J connectivity index is 0.000000248. The van der Waals surface area contributed by atoms with E-state index in [1.165, 1.54) is 57.2 Å². The molecule has 1 radical (unpaired) electrons. The maximum Gasteiger partial charge on any atom is 0.384 e. The van der Waals surface area contributed by atoms with Gasteiger partial charge in [-0.1, -0.05) is 92.2 Å². The van der Waals surface area contributed by atoms with Crippen molar-refractivity contribution >= 4 is 22.1 Å². The molecule has 8 rings (SSSR count). The first-order valence-corrected chi connectivity index (χ1v) is 17.1. The number of halogens is 8. The van der Waals surface area contributed by atoms with Gasteiger partial charge in [0.25, 0.3) is 0 Å². The number of nitrogens with zero attached hydrogens (tertiary/aromatic N) is 3. The van der Waals surface area contributed by atoms with E-state index in [4.69, 9.17) is 23.6 Å². The number of rotatable bonds is 4. The number of fused-ring (bicyclic) bond motifs is 4. The van der Waals surface area contributed by atoms with Gasteiger partial charge in [0, 0.05) is 56.6 Å². The van der Waals surface area contributed by atoms with E-state index >= 15 is 17.6 Å². The van der Waals surface area contributed by atoms with Crippen molar-refractivity contribution in [1.82, 2.24) is 15.0 Å². The molecule has 0 aliphatic heterocycles. The summed E-state index contributed by atoms with van der Waals surface area (Å²) in [5.41, 5.74) is -8.83. The summed E-state index contributed by atoms with van der Waals surface area (Å²) in [5.74, 6) is -25.2. The van der Waals surface area contributed by atoms with Gasteiger partial charge in [0.2, 0.25) is 5.71 Å². The minimum Gasteiger partial charge on any atom is -0.486 e. The summed E-state index contributed by atoms with van der Waals surface area (Å²) in [7, 11) is 0. The molecule has 4 nitrogen and oxygen atoms in total. The first-order valence-electron chi connectivity index (χ1n) is 24.1. The van der Waals surface area contributed by atoms with Crippen LogP contribution in [0.1, 0.15) is 79.2 Å². The van der Waals surface area contributed by atoms with Crippen LogP contribution in [0, 0.1) is 45.0 Å². The zero-order valence-corrected chi connectivity index (χ0v) is 33.1. The Morgan fingerprint density at radius 3 is 2.14 bits per heavy atom. The molecule has 3 aromatic carbocycles. The Morgan fingerprint density at radius 1 is 0.746 bits per heavy atom. The molecule has 0 saturated heterocycles. The number of pyridine rings is 3. The normalized spacial score (nSPS) is 20.8. The summed E-state index contributed by atoms with van der Waals surface area (Å²) in [4.78, 5) is 11.4. The number of hydrogen-bond acceptors (Lipinski definition) is 4. The second kappa shape index (κ2) is 15.2. The molecule has 0 spiro atoms. The molecule has 4 aromatic heterocycles. The van der Waals surface area contributed by atoms with Crippen LogP contribution in [0.3, 0.4) is 0 Å². The third-order valence-electron chi connectivity index (χ3n) is 9.09. The monoisotopic (exact) mass is 1010 g/mol. The van der Waals surface area contributed by atoms with E-state index in [-0.39, 0.29) is 70.3 Å². The summed E-state index contributed by atoms with van der Waals surface area (Å²) in [6.45, 7) is -6.77.